The number of rotatable bonds is 5. The average Bonchev–Trinajstić information content (AvgIpc) is 3.11. The molecule has 0 saturated heterocycles. The van der Waals surface area contributed by atoms with Gasteiger partial charge in [0, 0.05) is 12.1 Å². The topological polar surface area (TPSA) is 72.2 Å². The third kappa shape index (κ3) is 2.99. The maximum absolute atomic E-state index is 12.5. The van der Waals surface area contributed by atoms with Gasteiger partial charge in [-0.05, 0) is 56.7 Å². The molecule has 1 fully saturated rings. The van der Waals surface area contributed by atoms with E-state index in [0.29, 0.717) is 17.4 Å². The highest BCUT2D eigenvalue weighted by molar-refractivity contribution is 7.89. The van der Waals surface area contributed by atoms with Gasteiger partial charge >= 0.3 is 0 Å². The lowest BCUT2D eigenvalue weighted by Crippen LogP contribution is -2.45. The summed E-state index contributed by atoms with van der Waals surface area (Å²) in [6, 6.07) is 5.24. The first-order valence-corrected chi connectivity index (χ1v) is 8.09. The van der Waals surface area contributed by atoms with Crippen molar-refractivity contribution in [2.24, 2.45) is 11.7 Å². The van der Waals surface area contributed by atoms with E-state index in [4.69, 9.17) is 5.73 Å². The summed E-state index contributed by atoms with van der Waals surface area (Å²) in [6.45, 7) is 6.05. The number of nitrogens with two attached hydrogens (primary N) is 1. The van der Waals surface area contributed by atoms with Crippen molar-refractivity contribution in [3.8, 4) is 0 Å². The van der Waals surface area contributed by atoms with Crippen molar-refractivity contribution in [2.75, 3.05) is 0 Å². The van der Waals surface area contributed by atoms with Gasteiger partial charge in [0.2, 0.25) is 10.0 Å². The van der Waals surface area contributed by atoms with Gasteiger partial charge in [-0.3, -0.25) is 0 Å². The van der Waals surface area contributed by atoms with E-state index in [1.54, 1.807) is 19.1 Å². The van der Waals surface area contributed by atoms with E-state index in [2.05, 4.69) is 4.72 Å². The van der Waals surface area contributed by atoms with Gasteiger partial charge in [-0.1, -0.05) is 12.1 Å². The summed E-state index contributed by atoms with van der Waals surface area (Å²) in [5.41, 5.74) is 6.86. The maximum Gasteiger partial charge on any atom is 0.241 e. The molecule has 1 aromatic carbocycles. The van der Waals surface area contributed by atoms with Crippen LogP contribution in [-0.4, -0.2) is 14.0 Å². The number of hydrogen-bond donors (Lipinski definition) is 2. The molecule has 1 aliphatic rings. The number of nitrogens with one attached hydrogen (secondary N) is 1. The molecule has 4 nitrogen and oxygen atoms in total. The van der Waals surface area contributed by atoms with E-state index in [0.717, 1.165) is 24.0 Å². The highest BCUT2D eigenvalue weighted by Crippen LogP contribution is 2.40. The highest BCUT2D eigenvalue weighted by atomic mass is 32.2. The number of sulfonamides is 1. The van der Waals surface area contributed by atoms with Crippen LogP contribution in [0.2, 0.25) is 0 Å². The molecule has 1 saturated carbocycles. The summed E-state index contributed by atoms with van der Waals surface area (Å²) >= 11 is 0. The molecule has 0 atom stereocenters. The zero-order valence-electron chi connectivity index (χ0n) is 11.7. The van der Waals surface area contributed by atoms with Crippen LogP contribution in [0.25, 0.3) is 0 Å². The fraction of sp³-hybridized carbons (Fsp3) is 0.571. The van der Waals surface area contributed by atoms with Crippen LogP contribution in [0.3, 0.4) is 0 Å². The van der Waals surface area contributed by atoms with Crippen LogP contribution in [0.4, 0.5) is 0 Å². The molecule has 0 unspecified atom stereocenters. The molecule has 0 aliphatic heterocycles. The second kappa shape index (κ2) is 4.89. The van der Waals surface area contributed by atoms with Gasteiger partial charge in [-0.2, -0.15) is 0 Å². The van der Waals surface area contributed by atoms with E-state index >= 15 is 0 Å². The van der Waals surface area contributed by atoms with Gasteiger partial charge in [0.25, 0.3) is 0 Å². The van der Waals surface area contributed by atoms with Crippen LogP contribution < -0.4 is 10.5 Å². The van der Waals surface area contributed by atoms with Gasteiger partial charge in [0.05, 0.1) is 4.90 Å². The third-order valence-corrected chi connectivity index (χ3v) is 5.72. The van der Waals surface area contributed by atoms with E-state index in [1.165, 1.54) is 0 Å². The minimum atomic E-state index is -3.49. The zero-order valence-corrected chi connectivity index (χ0v) is 12.5. The minimum Gasteiger partial charge on any atom is -0.326 e. The van der Waals surface area contributed by atoms with Crippen LogP contribution in [-0.2, 0) is 16.6 Å². The third-order valence-electron chi connectivity index (χ3n) is 3.90. The predicted octanol–water partition coefficient (Wildman–Crippen LogP) is 1.92. The Morgan fingerprint density at radius 2 is 2.00 bits per heavy atom. The molecule has 0 aromatic heterocycles. The summed E-state index contributed by atoms with van der Waals surface area (Å²) in [5.74, 6) is 0.445. The second-order valence-electron chi connectivity index (χ2n) is 5.85. The molecule has 1 aromatic rings. The molecular weight excluding hydrogens is 260 g/mol. The van der Waals surface area contributed by atoms with Crippen LogP contribution in [0.1, 0.15) is 37.8 Å². The first-order chi connectivity index (χ1) is 8.78. The smallest absolute Gasteiger partial charge is 0.241 e. The summed E-state index contributed by atoms with van der Waals surface area (Å²) in [5, 5.41) is 0. The molecule has 3 N–H and O–H groups in total. The average molecular weight is 282 g/mol. The molecule has 106 valence electrons. The van der Waals surface area contributed by atoms with Crippen molar-refractivity contribution in [1.82, 2.24) is 4.72 Å². The van der Waals surface area contributed by atoms with Crippen molar-refractivity contribution in [1.29, 1.82) is 0 Å². The molecule has 2 rings (SSSR count). The van der Waals surface area contributed by atoms with Crippen molar-refractivity contribution in [2.45, 2.75) is 50.6 Å². The van der Waals surface area contributed by atoms with E-state index in [9.17, 15) is 8.42 Å². The summed E-state index contributed by atoms with van der Waals surface area (Å²) in [4.78, 5) is 0.337. The van der Waals surface area contributed by atoms with E-state index < -0.39 is 10.0 Å². The Bertz CT molecular complexity index is 575. The normalized spacial score (nSPS) is 16.6. The molecule has 19 heavy (non-hydrogen) atoms. The zero-order chi connectivity index (χ0) is 14.3. The summed E-state index contributed by atoms with van der Waals surface area (Å²) in [6.07, 6.45) is 2.19. The molecule has 0 heterocycles. The molecule has 5 heteroatoms. The van der Waals surface area contributed by atoms with Crippen LogP contribution in [0.5, 0.6) is 0 Å². The first kappa shape index (κ1) is 14.5. The molecular formula is C14H22N2O2S. The molecule has 0 bridgehead atoms. The van der Waals surface area contributed by atoms with Gasteiger partial charge in [-0.15, -0.1) is 0 Å². The highest BCUT2D eigenvalue weighted by Gasteiger charge is 2.40. The van der Waals surface area contributed by atoms with Crippen LogP contribution in [0.15, 0.2) is 23.1 Å². The monoisotopic (exact) mass is 282 g/mol. The minimum absolute atomic E-state index is 0.337. The Morgan fingerprint density at radius 3 is 2.53 bits per heavy atom. The lowest BCUT2D eigenvalue weighted by atomic mass is 10.0. The quantitative estimate of drug-likeness (QED) is 0.866. The largest absolute Gasteiger partial charge is 0.326 e. The second-order valence-corrected chi connectivity index (χ2v) is 7.50. The van der Waals surface area contributed by atoms with Gasteiger partial charge in [0.1, 0.15) is 0 Å². The Labute approximate surface area is 115 Å². The number of hydrogen-bond acceptors (Lipinski definition) is 3. The Morgan fingerprint density at radius 1 is 1.37 bits per heavy atom. The first-order valence-electron chi connectivity index (χ1n) is 6.60. The standard InChI is InChI=1S/C14H22N2O2S/c1-10-11(9-15)5-4-6-13(10)19(17,18)16-14(2,3)12-7-8-12/h4-6,12,16H,7-9,15H2,1-3H3. The fourth-order valence-electron chi connectivity index (χ4n) is 2.46. The van der Waals surface area contributed by atoms with E-state index in [1.807, 2.05) is 19.9 Å². The molecule has 0 amide bonds. The Balaban J connectivity index is 2.34. The van der Waals surface area contributed by atoms with Crippen LogP contribution >= 0.6 is 0 Å². The molecule has 0 radical (unpaired) electrons. The van der Waals surface area contributed by atoms with Crippen molar-refractivity contribution in [3.63, 3.8) is 0 Å². The summed E-state index contributed by atoms with van der Waals surface area (Å²) < 4.78 is 27.9. The van der Waals surface area contributed by atoms with Gasteiger partial charge < -0.3 is 5.73 Å². The number of benzene rings is 1. The van der Waals surface area contributed by atoms with Gasteiger partial charge in [-0.25, -0.2) is 13.1 Å². The molecule has 0 spiro atoms. The van der Waals surface area contributed by atoms with Crippen LogP contribution in [0, 0.1) is 12.8 Å². The van der Waals surface area contributed by atoms with Gasteiger partial charge in [0.15, 0.2) is 0 Å². The Kier molecular flexibility index (Phi) is 3.73. The summed E-state index contributed by atoms with van der Waals surface area (Å²) in [7, 11) is -3.49. The predicted molar refractivity (Wildman–Crippen MR) is 76.2 cm³/mol. The van der Waals surface area contributed by atoms with Crippen molar-refractivity contribution < 1.29 is 8.42 Å². The lowest BCUT2D eigenvalue weighted by Gasteiger charge is -2.26. The Hall–Kier alpha value is -0.910. The fourth-order valence-corrected chi connectivity index (χ4v) is 4.22. The maximum atomic E-state index is 12.5. The van der Waals surface area contributed by atoms with Crippen molar-refractivity contribution in [3.05, 3.63) is 29.3 Å². The SMILES string of the molecule is Cc1c(CN)cccc1S(=O)(=O)NC(C)(C)C1CC1. The van der Waals surface area contributed by atoms with E-state index in [-0.39, 0.29) is 5.54 Å². The molecule has 1 aliphatic carbocycles. The lowest BCUT2D eigenvalue weighted by molar-refractivity contribution is 0.400. The van der Waals surface area contributed by atoms with Crippen molar-refractivity contribution >= 4 is 10.0 Å².